The van der Waals surface area contributed by atoms with Gasteiger partial charge in [0.1, 0.15) is 12.0 Å². The number of hydrogen-bond acceptors (Lipinski definition) is 5. The number of aromatic nitrogens is 2. The molecule has 2 aromatic rings. The Morgan fingerprint density at radius 2 is 2.12 bits per heavy atom. The second kappa shape index (κ2) is 3.73. The Labute approximate surface area is 91.1 Å². The molecule has 0 saturated heterocycles. The number of rotatable bonds is 2. The molecular formula is C10H9N3O3. The Bertz CT molecular complexity index is 511. The van der Waals surface area contributed by atoms with E-state index >= 15 is 0 Å². The highest BCUT2D eigenvalue weighted by Gasteiger charge is 2.14. The van der Waals surface area contributed by atoms with Gasteiger partial charge in [0, 0.05) is 11.6 Å². The molecule has 0 fully saturated rings. The lowest BCUT2D eigenvalue weighted by Gasteiger charge is -1.97. The molecule has 0 unspecified atom stereocenters. The fourth-order valence-electron chi connectivity index (χ4n) is 1.54. The molecule has 2 aromatic heterocycles. The first kappa shape index (κ1) is 10.3. The van der Waals surface area contributed by atoms with Gasteiger partial charge in [0.25, 0.3) is 0 Å². The molecule has 0 saturated carbocycles. The van der Waals surface area contributed by atoms with Crippen molar-refractivity contribution in [1.29, 1.82) is 0 Å². The Kier molecular flexibility index (Phi) is 2.40. The lowest BCUT2D eigenvalue weighted by Crippen LogP contribution is -1.92. The van der Waals surface area contributed by atoms with E-state index in [0.717, 1.165) is 16.8 Å². The van der Waals surface area contributed by atoms with Crippen LogP contribution >= 0.6 is 0 Å². The fourth-order valence-corrected chi connectivity index (χ4v) is 1.54. The van der Waals surface area contributed by atoms with Crippen molar-refractivity contribution in [2.24, 2.45) is 0 Å². The van der Waals surface area contributed by atoms with Crippen molar-refractivity contribution in [2.45, 2.75) is 13.8 Å². The summed E-state index contributed by atoms with van der Waals surface area (Å²) in [4.78, 5) is 13.7. The third-order valence-corrected chi connectivity index (χ3v) is 2.26. The first-order valence-corrected chi connectivity index (χ1v) is 4.63. The molecule has 0 aromatic carbocycles. The maximum atomic E-state index is 10.4. The molecule has 82 valence electrons. The first-order chi connectivity index (χ1) is 7.59. The zero-order valence-electron chi connectivity index (χ0n) is 8.80. The summed E-state index contributed by atoms with van der Waals surface area (Å²) in [6, 6.07) is 3.00. The molecule has 0 atom stereocenters. The van der Waals surface area contributed by atoms with Gasteiger partial charge in [-0.2, -0.15) is 0 Å². The van der Waals surface area contributed by atoms with Crippen LogP contribution in [0.25, 0.3) is 11.1 Å². The molecule has 0 radical (unpaired) electrons. The van der Waals surface area contributed by atoms with Crippen molar-refractivity contribution in [3.8, 4) is 11.1 Å². The number of nitrogens with zero attached hydrogens (tertiary/aromatic N) is 3. The molecule has 0 aliphatic rings. The zero-order valence-corrected chi connectivity index (χ0v) is 8.80. The second-order valence-electron chi connectivity index (χ2n) is 3.36. The summed E-state index contributed by atoms with van der Waals surface area (Å²) in [5, 5.41) is 14.3. The molecule has 0 N–H and O–H groups in total. The largest absolute Gasteiger partial charge is 0.363 e. The second-order valence-corrected chi connectivity index (χ2v) is 3.36. The monoisotopic (exact) mass is 219 g/mol. The van der Waals surface area contributed by atoms with E-state index in [9.17, 15) is 10.1 Å². The van der Waals surface area contributed by atoms with Crippen LogP contribution in [-0.4, -0.2) is 15.1 Å². The van der Waals surface area contributed by atoms with Gasteiger partial charge in [-0.1, -0.05) is 5.16 Å². The van der Waals surface area contributed by atoms with Gasteiger partial charge in [-0.25, -0.2) is 0 Å². The van der Waals surface area contributed by atoms with Crippen LogP contribution in [0.4, 0.5) is 5.82 Å². The molecule has 2 heterocycles. The minimum atomic E-state index is -0.531. The lowest BCUT2D eigenvalue weighted by atomic mass is 10.1. The molecule has 0 amide bonds. The minimum absolute atomic E-state index is 0.171. The van der Waals surface area contributed by atoms with E-state index in [-0.39, 0.29) is 5.82 Å². The molecular weight excluding hydrogens is 210 g/mol. The van der Waals surface area contributed by atoms with Crippen molar-refractivity contribution in [2.75, 3.05) is 0 Å². The zero-order chi connectivity index (χ0) is 11.7. The van der Waals surface area contributed by atoms with Crippen molar-refractivity contribution in [1.82, 2.24) is 10.1 Å². The standard InChI is InChI=1S/C10H9N3O3/c1-6-10(7(2)16-12-6)8-3-4-9(11-5-8)13(14)15/h3-5H,1-2H3. The van der Waals surface area contributed by atoms with Crippen LogP contribution in [0, 0.1) is 24.0 Å². The Morgan fingerprint density at radius 1 is 1.38 bits per heavy atom. The minimum Gasteiger partial charge on any atom is -0.361 e. The summed E-state index contributed by atoms with van der Waals surface area (Å²) in [5.41, 5.74) is 2.34. The molecule has 0 aliphatic carbocycles. The lowest BCUT2D eigenvalue weighted by molar-refractivity contribution is -0.389. The van der Waals surface area contributed by atoms with Gasteiger partial charge in [-0.05, 0) is 29.8 Å². The molecule has 0 aliphatic heterocycles. The highest BCUT2D eigenvalue weighted by molar-refractivity contribution is 5.67. The van der Waals surface area contributed by atoms with Gasteiger partial charge in [-0.15, -0.1) is 0 Å². The predicted molar refractivity (Wildman–Crippen MR) is 55.9 cm³/mol. The van der Waals surface area contributed by atoms with E-state index in [4.69, 9.17) is 4.52 Å². The summed E-state index contributed by atoms with van der Waals surface area (Å²) >= 11 is 0. The summed E-state index contributed by atoms with van der Waals surface area (Å²) < 4.78 is 5.02. The number of aryl methyl sites for hydroxylation is 2. The van der Waals surface area contributed by atoms with Gasteiger partial charge in [-0.3, -0.25) is 0 Å². The van der Waals surface area contributed by atoms with E-state index < -0.39 is 4.92 Å². The Morgan fingerprint density at radius 3 is 2.56 bits per heavy atom. The van der Waals surface area contributed by atoms with E-state index in [1.54, 1.807) is 13.0 Å². The fraction of sp³-hybridized carbons (Fsp3) is 0.200. The Hall–Kier alpha value is -2.24. The van der Waals surface area contributed by atoms with Crippen LogP contribution in [0.15, 0.2) is 22.9 Å². The number of pyridine rings is 1. The smallest absolute Gasteiger partial charge is 0.361 e. The maximum Gasteiger partial charge on any atom is 0.363 e. The molecule has 0 spiro atoms. The van der Waals surface area contributed by atoms with E-state index in [2.05, 4.69) is 10.1 Å². The van der Waals surface area contributed by atoms with Crippen molar-refractivity contribution < 1.29 is 9.45 Å². The van der Waals surface area contributed by atoms with Crippen LogP contribution in [0.2, 0.25) is 0 Å². The average Bonchev–Trinajstić information content (AvgIpc) is 2.59. The average molecular weight is 219 g/mol. The molecule has 16 heavy (non-hydrogen) atoms. The number of nitro groups is 1. The summed E-state index contributed by atoms with van der Waals surface area (Å²) in [7, 11) is 0. The van der Waals surface area contributed by atoms with Crippen molar-refractivity contribution >= 4 is 5.82 Å². The van der Waals surface area contributed by atoms with Gasteiger partial charge in [0.15, 0.2) is 0 Å². The van der Waals surface area contributed by atoms with Gasteiger partial charge in [0.2, 0.25) is 0 Å². The third kappa shape index (κ3) is 1.65. The third-order valence-electron chi connectivity index (χ3n) is 2.26. The maximum absolute atomic E-state index is 10.4. The molecule has 6 nitrogen and oxygen atoms in total. The molecule has 6 heteroatoms. The molecule has 0 bridgehead atoms. The van der Waals surface area contributed by atoms with Crippen LogP contribution in [0.3, 0.4) is 0 Å². The quantitative estimate of drug-likeness (QED) is 0.571. The normalized spacial score (nSPS) is 10.4. The topological polar surface area (TPSA) is 82.1 Å². The van der Waals surface area contributed by atoms with Gasteiger partial charge >= 0.3 is 5.82 Å². The van der Waals surface area contributed by atoms with Crippen LogP contribution in [0.5, 0.6) is 0 Å². The van der Waals surface area contributed by atoms with Crippen molar-refractivity contribution in [3.05, 3.63) is 39.9 Å². The Balaban J connectivity index is 2.46. The van der Waals surface area contributed by atoms with Gasteiger partial charge in [0.05, 0.1) is 11.3 Å². The SMILES string of the molecule is Cc1noc(C)c1-c1ccc([N+](=O)[O-])nc1. The summed E-state index contributed by atoms with van der Waals surface area (Å²) in [5.74, 6) is 0.503. The number of hydrogen-bond donors (Lipinski definition) is 0. The molecule has 2 rings (SSSR count). The van der Waals surface area contributed by atoms with E-state index in [1.165, 1.54) is 12.3 Å². The summed E-state index contributed by atoms with van der Waals surface area (Å²) in [6.07, 6.45) is 1.45. The predicted octanol–water partition coefficient (Wildman–Crippen LogP) is 2.26. The first-order valence-electron chi connectivity index (χ1n) is 4.63. The van der Waals surface area contributed by atoms with Crippen LogP contribution in [-0.2, 0) is 0 Å². The van der Waals surface area contributed by atoms with Crippen LogP contribution < -0.4 is 0 Å². The highest BCUT2D eigenvalue weighted by atomic mass is 16.6. The highest BCUT2D eigenvalue weighted by Crippen LogP contribution is 2.26. The summed E-state index contributed by atoms with van der Waals surface area (Å²) in [6.45, 7) is 3.60. The van der Waals surface area contributed by atoms with Gasteiger partial charge < -0.3 is 14.6 Å². The van der Waals surface area contributed by atoms with Crippen molar-refractivity contribution in [3.63, 3.8) is 0 Å². The van der Waals surface area contributed by atoms with E-state index in [1.807, 2.05) is 6.92 Å². The van der Waals surface area contributed by atoms with Crippen LogP contribution in [0.1, 0.15) is 11.5 Å². The van der Waals surface area contributed by atoms with E-state index in [0.29, 0.717) is 5.76 Å².